The molecular weight excluding hydrogens is 328 g/mol. The number of carbonyl (C=O) groups is 1. The van der Waals surface area contributed by atoms with Crippen LogP contribution in [0.25, 0.3) is 11.3 Å². The Morgan fingerprint density at radius 3 is 2.58 bits per heavy atom. The summed E-state index contributed by atoms with van der Waals surface area (Å²) in [6, 6.07) is 10.5. The van der Waals surface area contributed by atoms with Gasteiger partial charge in [0.2, 0.25) is 0 Å². The van der Waals surface area contributed by atoms with E-state index >= 15 is 0 Å². The monoisotopic (exact) mass is 350 g/mol. The number of hydrogen-bond donors (Lipinski definition) is 2. The molecule has 1 aromatic carbocycles. The standard InChI is InChI=1S/C20H22N4O2/c1-13-19(14(2)24(3)23-13)18-12-16(9-11-21-18)20(26)22-10-8-15-4-6-17(25)7-5-15/h4-7,9,11-12,25H,8,10H2,1-3H3,(H,22,26). The SMILES string of the molecule is Cc1nn(C)c(C)c1-c1cc(C(=O)NCCc2ccc(O)cc2)ccn1. The highest BCUT2D eigenvalue weighted by Gasteiger charge is 2.15. The number of hydrogen-bond acceptors (Lipinski definition) is 4. The maximum absolute atomic E-state index is 12.4. The number of rotatable bonds is 5. The normalized spacial score (nSPS) is 10.7. The molecule has 0 saturated carbocycles. The molecule has 134 valence electrons. The van der Waals surface area contributed by atoms with Crippen LogP contribution in [0.2, 0.25) is 0 Å². The molecule has 2 heterocycles. The van der Waals surface area contributed by atoms with E-state index in [0.29, 0.717) is 18.5 Å². The van der Waals surface area contributed by atoms with Gasteiger partial charge in [-0.2, -0.15) is 5.10 Å². The van der Waals surface area contributed by atoms with E-state index in [9.17, 15) is 9.90 Å². The minimum Gasteiger partial charge on any atom is -0.508 e. The van der Waals surface area contributed by atoms with Crippen LogP contribution in [0.1, 0.15) is 27.3 Å². The van der Waals surface area contributed by atoms with E-state index in [1.54, 1.807) is 30.5 Å². The Labute approximate surface area is 152 Å². The lowest BCUT2D eigenvalue weighted by molar-refractivity contribution is 0.0954. The van der Waals surface area contributed by atoms with Gasteiger partial charge in [0.25, 0.3) is 5.91 Å². The van der Waals surface area contributed by atoms with Gasteiger partial charge in [-0.1, -0.05) is 12.1 Å². The molecule has 0 fully saturated rings. The Morgan fingerprint density at radius 2 is 1.92 bits per heavy atom. The second kappa shape index (κ2) is 7.39. The Hall–Kier alpha value is -3.15. The predicted octanol–water partition coefficient (Wildman–Crippen LogP) is 2.78. The molecule has 0 aliphatic heterocycles. The average Bonchev–Trinajstić information content (AvgIpc) is 2.89. The number of nitrogens with one attached hydrogen (secondary N) is 1. The molecule has 0 atom stereocenters. The first kappa shape index (κ1) is 17.7. The summed E-state index contributed by atoms with van der Waals surface area (Å²) in [5, 5.41) is 16.6. The van der Waals surface area contributed by atoms with Crippen molar-refractivity contribution in [1.29, 1.82) is 0 Å². The highest BCUT2D eigenvalue weighted by molar-refractivity contribution is 5.95. The molecule has 0 bridgehead atoms. The number of aryl methyl sites for hydroxylation is 2. The lowest BCUT2D eigenvalue weighted by atomic mass is 10.1. The van der Waals surface area contributed by atoms with E-state index in [2.05, 4.69) is 15.4 Å². The van der Waals surface area contributed by atoms with Gasteiger partial charge in [0.15, 0.2) is 0 Å². The predicted molar refractivity (Wildman–Crippen MR) is 100 cm³/mol. The summed E-state index contributed by atoms with van der Waals surface area (Å²) in [6.07, 6.45) is 2.35. The number of carbonyl (C=O) groups excluding carboxylic acids is 1. The van der Waals surface area contributed by atoms with Crippen molar-refractivity contribution >= 4 is 5.91 Å². The molecule has 2 N–H and O–H groups in total. The van der Waals surface area contributed by atoms with Crippen molar-refractivity contribution in [2.75, 3.05) is 6.54 Å². The minimum absolute atomic E-state index is 0.133. The third kappa shape index (κ3) is 3.74. The molecule has 6 heteroatoms. The number of phenolic OH excluding ortho intramolecular Hbond substituents is 1. The van der Waals surface area contributed by atoms with E-state index in [4.69, 9.17) is 0 Å². The van der Waals surface area contributed by atoms with Crippen molar-refractivity contribution in [2.24, 2.45) is 7.05 Å². The number of aromatic nitrogens is 3. The lowest BCUT2D eigenvalue weighted by Crippen LogP contribution is -2.25. The van der Waals surface area contributed by atoms with Gasteiger partial charge in [-0.25, -0.2) is 0 Å². The van der Waals surface area contributed by atoms with Crippen molar-refractivity contribution in [3.05, 3.63) is 65.1 Å². The molecule has 0 saturated heterocycles. The zero-order chi connectivity index (χ0) is 18.7. The Morgan fingerprint density at radius 1 is 1.19 bits per heavy atom. The Bertz CT molecular complexity index is 929. The van der Waals surface area contributed by atoms with Crippen molar-refractivity contribution in [2.45, 2.75) is 20.3 Å². The van der Waals surface area contributed by atoms with E-state index in [-0.39, 0.29) is 11.7 Å². The third-order valence-electron chi connectivity index (χ3n) is 4.42. The minimum atomic E-state index is -0.133. The first-order chi connectivity index (χ1) is 12.5. The van der Waals surface area contributed by atoms with E-state index in [0.717, 1.165) is 28.2 Å². The fraction of sp³-hybridized carbons (Fsp3) is 0.250. The zero-order valence-electron chi connectivity index (χ0n) is 15.2. The number of pyridine rings is 1. The van der Waals surface area contributed by atoms with Crippen molar-refractivity contribution in [1.82, 2.24) is 20.1 Å². The van der Waals surface area contributed by atoms with Gasteiger partial charge in [-0.3, -0.25) is 14.5 Å². The van der Waals surface area contributed by atoms with E-state index < -0.39 is 0 Å². The van der Waals surface area contributed by atoms with Crippen LogP contribution in [0.15, 0.2) is 42.6 Å². The van der Waals surface area contributed by atoms with Crippen LogP contribution in [-0.2, 0) is 13.5 Å². The van der Waals surface area contributed by atoms with Crippen LogP contribution >= 0.6 is 0 Å². The first-order valence-electron chi connectivity index (χ1n) is 8.48. The second-order valence-electron chi connectivity index (χ2n) is 6.27. The van der Waals surface area contributed by atoms with E-state index in [1.165, 1.54) is 0 Å². The number of aromatic hydroxyl groups is 1. The van der Waals surface area contributed by atoms with Gasteiger partial charge >= 0.3 is 0 Å². The quantitative estimate of drug-likeness (QED) is 0.741. The topological polar surface area (TPSA) is 80.0 Å². The molecule has 0 aliphatic carbocycles. The van der Waals surface area contributed by atoms with Crippen molar-refractivity contribution in [3.63, 3.8) is 0 Å². The van der Waals surface area contributed by atoms with Crippen LogP contribution in [-0.4, -0.2) is 32.3 Å². The molecule has 3 rings (SSSR count). The third-order valence-corrected chi connectivity index (χ3v) is 4.42. The molecule has 0 radical (unpaired) electrons. The van der Waals surface area contributed by atoms with Crippen LogP contribution in [0, 0.1) is 13.8 Å². The van der Waals surface area contributed by atoms with Crippen LogP contribution in [0.4, 0.5) is 0 Å². The number of nitrogens with zero attached hydrogens (tertiary/aromatic N) is 3. The molecular formula is C20H22N4O2. The van der Waals surface area contributed by atoms with Crippen LogP contribution < -0.4 is 5.32 Å². The van der Waals surface area contributed by atoms with Crippen molar-refractivity contribution < 1.29 is 9.90 Å². The highest BCUT2D eigenvalue weighted by atomic mass is 16.3. The Kier molecular flexibility index (Phi) is 5.02. The fourth-order valence-electron chi connectivity index (χ4n) is 2.94. The summed E-state index contributed by atoms with van der Waals surface area (Å²) in [6.45, 7) is 4.45. The summed E-state index contributed by atoms with van der Waals surface area (Å²) in [7, 11) is 1.89. The number of amides is 1. The molecule has 26 heavy (non-hydrogen) atoms. The Balaban J connectivity index is 1.69. The summed E-state index contributed by atoms with van der Waals surface area (Å²) in [4.78, 5) is 16.9. The molecule has 6 nitrogen and oxygen atoms in total. The largest absolute Gasteiger partial charge is 0.508 e. The van der Waals surface area contributed by atoms with Gasteiger partial charge in [-0.05, 0) is 50.1 Å². The highest BCUT2D eigenvalue weighted by Crippen LogP contribution is 2.25. The number of benzene rings is 1. The fourth-order valence-corrected chi connectivity index (χ4v) is 2.94. The maximum Gasteiger partial charge on any atom is 0.251 e. The molecule has 0 spiro atoms. The van der Waals surface area contributed by atoms with Gasteiger partial charge in [0, 0.05) is 36.6 Å². The van der Waals surface area contributed by atoms with Crippen molar-refractivity contribution in [3.8, 4) is 17.0 Å². The molecule has 0 aliphatic rings. The van der Waals surface area contributed by atoms with Crippen LogP contribution in [0.3, 0.4) is 0 Å². The zero-order valence-corrected chi connectivity index (χ0v) is 15.2. The molecule has 3 aromatic rings. The maximum atomic E-state index is 12.4. The molecule has 1 amide bonds. The van der Waals surface area contributed by atoms with Gasteiger partial charge in [0.05, 0.1) is 11.4 Å². The second-order valence-corrected chi connectivity index (χ2v) is 6.27. The smallest absolute Gasteiger partial charge is 0.251 e. The molecule has 2 aromatic heterocycles. The van der Waals surface area contributed by atoms with E-state index in [1.807, 2.05) is 37.7 Å². The lowest BCUT2D eigenvalue weighted by Gasteiger charge is -2.07. The molecule has 0 unspecified atom stereocenters. The van der Waals surface area contributed by atoms with Gasteiger partial charge < -0.3 is 10.4 Å². The number of phenols is 1. The average molecular weight is 350 g/mol. The summed E-state index contributed by atoms with van der Waals surface area (Å²) in [5.74, 6) is 0.106. The first-order valence-corrected chi connectivity index (χ1v) is 8.48. The van der Waals surface area contributed by atoms with Crippen LogP contribution in [0.5, 0.6) is 5.75 Å². The summed E-state index contributed by atoms with van der Waals surface area (Å²) < 4.78 is 1.82. The van der Waals surface area contributed by atoms with Gasteiger partial charge in [-0.15, -0.1) is 0 Å². The summed E-state index contributed by atoms with van der Waals surface area (Å²) in [5.41, 5.74) is 5.25. The van der Waals surface area contributed by atoms with Gasteiger partial charge in [0.1, 0.15) is 5.75 Å². The summed E-state index contributed by atoms with van der Waals surface area (Å²) >= 11 is 0.